The van der Waals surface area contributed by atoms with Gasteiger partial charge in [0.05, 0.1) is 23.1 Å². The fraction of sp³-hybridized carbons (Fsp3) is 0.357. The third kappa shape index (κ3) is 2.03. The van der Waals surface area contributed by atoms with Crippen LogP contribution >= 0.6 is 0 Å². The van der Waals surface area contributed by atoms with E-state index in [0.717, 1.165) is 4.57 Å². The Labute approximate surface area is 115 Å². The van der Waals surface area contributed by atoms with Gasteiger partial charge in [-0.25, -0.2) is 9.59 Å². The average molecular weight is 276 g/mol. The number of benzene rings is 1. The van der Waals surface area contributed by atoms with Crippen molar-refractivity contribution in [2.45, 2.75) is 20.8 Å². The molecule has 0 saturated heterocycles. The van der Waals surface area contributed by atoms with Crippen LogP contribution in [0.4, 0.5) is 0 Å². The number of hydrogen-bond acceptors (Lipinski definition) is 4. The zero-order chi connectivity index (χ0) is 15.0. The summed E-state index contributed by atoms with van der Waals surface area (Å²) in [5.74, 6) is -0.461. The summed E-state index contributed by atoms with van der Waals surface area (Å²) in [5.41, 5.74) is 1.09. The molecule has 0 bridgehead atoms. The number of hydrogen-bond donors (Lipinski definition) is 1. The highest BCUT2D eigenvalue weighted by Gasteiger charge is 2.19. The fourth-order valence-corrected chi connectivity index (χ4v) is 2.33. The SMILES string of the molecule is CCOC(=O)c1c(C)cc2[nH]c(=O)n(C)c(=O)c2c1C. The molecule has 106 valence electrons. The first kappa shape index (κ1) is 14.0. The Morgan fingerprint density at radius 1 is 1.35 bits per heavy atom. The summed E-state index contributed by atoms with van der Waals surface area (Å²) < 4.78 is 6.00. The van der Waals surface area contributed by atoms with Crippen LogP contribution < -0.4 is 11.2 Å². The maximum absolute atomic E-state index is 12.2. The first-order valence-corrected chi connectivity index (χ1v) is 6.28. The van der Waals surface area contributed by atoms with Gasteiger partial charge in [-0.2, -0.15) is 0 Å². The lowest BCUT2D eigenvalue weighted by molar-refractivity contribution is 0.0525. The molecule has 0 atom stereocenters. The number of aryl methyl sites for hydroxylation is 2. The van der Waals surface area contributed by atoms with Gasteiger partial charge in [-0.05, 0) is 38.0 Å². The van der Waals surface area contributed by atoms with Crippen LogP contribution in [0.2, 0.25) is 0 Å². The lowest BCUT2D eigenvalue weighted by atomic mass is 9.99. The van der Waals surface area contributed by atoms with Gasteiger partial charge in [0, 0.05) is 7.05 Å². The molecule has 0 unspecified atom stereocenters. The van der Waals surface area contributed by atoms with E-state index >= 15 is 0 Å². The normalized spacial score (nSPS) is 10.8. The van der Waals surface area contributed by atoms with Crippen molar-refractivity contribution in [1.29, 1.82) is 0 Å². The predicted octanol–water partition coefficient (Wildman–Crippen LogP) is 1.02. The zero-order valence-corrected chi connectivity index (χ0v) is 11.9. The molecule has 20 heavy (non-hydrogen) atoms. The van der Waals surface area contributed by atoms with Gasteiger partial charge in [0.2, 0.25) is 0 Å². The van der Waals surface area contributed by atoms with E-state index in [1.807, 2.05) is 0 Å². The Bertz CT molecular complexity index is 815. The van der Waals surface area contributed by atoms with Crippen molar-refractivity contribution >= 4 is 16.9 Å². The molecule has 6 nitrogen and oxygen atoms in total. The largest absolute Gasteiger partial charge is 0.462 e. The van der Waals surface area contributed by atoms with E-state index in [1.165, 1.54) is 7.05 Å². The molecule has 1 aromatic heterocycles. The lowest BCUT2D eigenvalue weighted by Gasteiger charge is -2.12. The second-order valence-corrected chi connectivity index (χ2v) is 4.63. The number of esters is 1. The van der Waals surface area contributed by atoms with Gasteiger partial charge in [0.15, 0.2) is 0 Å². The molecular formula is C14H16N2O4. The maximum atomic E-state index is 12.2. The molecule has 0 aliphatic heterocycles. The van der Waals surface area contributed by atoms with E-state index < -0.39 is 17.2 Å². The topological polar surface area (TPSA) is 81.2 Å². The van der Waals surface area contributed by atoms with Gasteiger partial charge in [0.25, 0.3) is 5.56 Å². The average Bonchev–Trinajstić information content (AvgIpc) is 2.35. The van der Waals surface area contributed by atoms with E-state index in [4.69, 9.17) is 4.74 Å². The zero-order valence-electron chi connectivity index (χ0n) is 11.9. The molecule has 1 aromatic carbocycles. The summed E-state index contributed by atoms with van der Waals surface area (Å²) in [4.78, 5) is 38.4. The summed E-state index contributed by atoms with van der Waals surface area (Å²) in [7, 11) is 1.39. The predicted molar refractivity (Wildman–Crippen MR) is 75.2 cm³/mol. The van der Waals surface area contributed by atoms with E-state index in [9.17, 15) is 14.4 Å². The molecule has 0 aliphatic carbocycles. The minimum Gasteiger partial charge on any atom is -0.462 e. The first-order valence-electron chi connectivity index (χ1n) is 6.28. The summed E-state index contributed by atoms with van der Waals surface area (Å²) in [5, 5.41) is 0.334. The number of nitrogens with zero attached hydrogens (tertiary/aromatic N) is 1. The van der Waals surface area contributed by atoms with E-state index in [1.54, 1.807) is 26.8 Å². The van der Waals surface area contributed by atoms with Crippen molar-refractivity contribution < 1.29 is 9.53 Å². The van der Waals surface area contributed by atoms with Gasteiger partial charge in [0.1, 0.15) is 0 Å². The summed E-state index contributed by atoms with van der Waals surface area (Å²) in [6.45, 7) is 5.41. The number of fused-ring (bicyclic) bond motifs is 1. The summed E-state index contributed by atoms with van der Waals surface area (Å²) >= 11 is 0. The number of aromatic nitrogens is 2. The van der Waals surface area contributed by atoms with Crippen LogP contribution in [0.3, 0.4) is 0 Å². The van der Waals surface area contributed by atoms with Gasteiger partial charge in [-0.3, -0.25) is 9.36 Å². The van der Waals surface area contributed by atoms with Crippen molar-refractivity contribution in [2.75, 3.05) is 6.61 Å². The molecule has 1 heterocycles. The quantitative estimate of drug-likeness (QED) is 0.830. The van der Waals surface area contributed by atoms with Crippen molar-refractivity contribution in [3.8, 4) is 0 Å². The third-order valence-corrected chi connectivity index (χ3v) is 3.32. The molecule has 6 heteroatoms. The van der Waals surface area contributed by atoms with Crippen LogP contribution in [-0.2, 0) is 11.8 Å². The van der Waals surface area contributed by atoms with Gasteiger partial charge in [-0.1, -0.05) is 0 Å². The number of carbonyl (C=O) groups is 1. The lowest BCUT2D eigenvalue weighted by Crippen LogP contribution is -2.33. The highest BCUT2D eigenvalue weighted by Crippen LogP contribution is 2.21. The number of H-pyrrole nitrogens is 1. The molecule has 0 spiro atoms. The van der Waals surface area contributed by atoms with E-state index in [-0.39, 0.29) is 6.61 Å². The second kappa shape index (κ2) is 4.96. The van der Waals surface area contributed by atoms with Crippen LogP contribution in [0.15, 0.2) is 15.7 Å². The Morgan fingerprint density at radius 3 is 2.60 bits per heavy atom. The minimum atomic E-state index is -0.481. The molecule has 2 aromatic rings. The highest BCUT2D eigenvalue weighted by molar-refractivity contribution is 5.99. The van der Waals surface area contributed by atoms with Crippen molar-refractivity contribution in [1.82, 2.24) is 9.55 Å². The Hall–Kier alpha value is -2.37. The van der Waals surface area contributed by atoms with Crippen LogP contribution in [0.1, 0.15) is 28.4 Å². The van der Waals surface area contributed by atoms with E-state index in [0.29, 0.717) is 27.6 Å². The van der Waals surface area contributed by atoms with E-state index in [2.05, 4.69) is 4.98 Å². The van der Waals surface area contributed by atoms with Crippen LogP contribution in [0, 0.1) is 13.8 Å². The van der Waals surface area contributed by atoms with Gasteiger partial charge < -0.3 is 9.72 Å². The summed E-state index contributed by atoms with van der Waals surface area (Å²) in [6.07, 6.45) is 0. The standard InChI is InChI=1S/C14H16N2O4/c1-5-20-13(18)10-7(2)6-9-11(8(10)3)12(17)16(4)14(19)15-9/h6H,5H2,1-4H3,(H,15,19). The smallest absolute Gasteiger partial charge is 0.338 e. The molecule has 2 rings (SSSR count). The Balaban J connectivity index is 2.92. The molecule has 0 amide bonds. The Kier molecular flexibility index (Phi) is 3.48. The molecule has 0 radical (unpaired) electrons. The summed E-state index contributed by atoms with van der Waals surface area (Å²) in [6, 6.07) is 1.62. The maximum Gasteiger partial charge on any atom is 0.338 e. The molecule has 0 aliphatic rings. The molecule has 1 N–H and O–H groups in total. The van der Waals surface area contributed by atoms with Crippen molar-refractivity contribution in [3.63, 3.8) is 0 Å². The minimum absolute atomic E-state index is 0.263. The monoisotopic (exact) mass is 276 g/mol. The second-order valence-electron chi connectivity index (χ2n) is 4.63. The molecular weight excluding hydrogens is 260 g/mol. The number of aromatic amines is 1. The highest BCUT2D eigenvalue weighted by atomic mass is 16.5. The third-order valence-electron chi connectivity index (χ3n) is 3.32. The number of ether oxygens (including phenoxy) is 1. The Morgan fingerprint density at radius 2 is 2.00 bits per heavy atom. The number of rotatable bonds is 2. The van der Waals surface area contributed by atoms with Gasteiger partial charge in [-0.15, -0.1) is 0 Å². The fourth-order valence-electron chi connectivity index (χ4n) is 2.33. The van der Waals surface area contributed by atoms with Crippen LogP contribution in [0.25, 0.3) is 10.9 Å². The first-order chi connectivity index (χ1) is 9.38. The molecule has 0 fully saturated rings. The van der Waals surface area contributed by atoms with Crippen LogP contribution in [0.5, 0.6) is 0 Å². The van der Waals surface area contributed by atoms with Crippen molar-refractivity contribution in [3.05, 3.63) is 43.6 Å². The van der Waals surface area contributed by atoms with Crippen molar-refractivity contribution in [2.24, 2.45) is 7.05 Å². The van der Waals surface area contributed by atoms with Crippen LogP contribution in [-0.4, -0.2) is 22.1 Å². The number of carbonyl (C=O) groups excluding carboxylic acids is 1. The van der Waals surface area contributed by atoms with Gasteiger partial charge >= 0.3 is 11.7 Å². The molecule has 0 saturated carbocycles. The number of nitrogens with one attached hydrogen (secondary N) is 1.